The fourth-order valence-electron chi connectivity index (χ4n) is 3.16. The van der Waals surface area contributed by atoms with Crippen LogP contribution in [0.5, 0.6) is 0 Å². The van der Waals surface area contributed by atoms with Crippen molar-refractivity contribution in [2.24, 2.45) is 16.2 Å². The first-order chi connectivity index (χ1) is 6.94. The molecule has 1 nitrogen and oxygen atoms in total. The molecule has 3 aliphatic rings. The summed E-state index contributed by atoms with van der Waals surface area (Å²) < 4.78 is 0. The molecule has 1 heteroatoms. The van der Waals surface area contributed by atoms with Crippen molar-refractivity contribution in [3.8, 4) is 0 Å². The largest absolute Gasteiger partial charge is 0.391 e. The van der Waals surface area contributed by atoms with Crippen molar-refractivity contribution >= 4 is 0 Å². The zero-order valence-electron chi connectivity index (χ0n) is 9.66. The molecule has 1 N–H and O–H groups in total. The number of aliphatic hydroxyl groups excluding tert-OH is 1. The van der Waals surface area contributed by atoms with Crippen molar-refractivity contribution in [1.82, 2.24) is 0 Å². The lowest BCUT2D eigenvalue weighted by atomic mass is 9.45. The van der Waals surface area contributed by atoms with Gasteiger partial charge < -0.3 is 5.11 Å². The molecule has 15 heavy (non-hydrogen) atoms. The molecule has 0 heterocycles. The average molecular weight is 204 g/mol. The van der Waals surface area contributed by atoms with Crippen LogP contribution in [0.25, 0.3) is 0 Å². The third-order valence-corrected chi connectivity index (χ3v) is 4.95. The number of aliphatic hydroxyl groups is 1. The summed E-state index contributed by atoms with van der Waals surface area (Å²) in [6.45, 7) is 12.1. The Hall–Kier alpha value is -0.820. The van der Waals surface area contributed by atoms with E-state index < -0.39 is 6.10 Å². The first-order valence-electron chi connectivity index (χ1n) is 5.60. The minimum absolute atomic E-state index is 0.0406. The van der Waals surface area contributed by atoms with E-state index in [0.717, 1.165) is 12.8 Å². The monoisotopic (exact) mass is 204 g/mol. The van der Waals surface area contributed by atoms with Crippen LogP contribution in [0.3, 0.4) is 0 Å². The maximum absolute atomic E-state index is 10.5. The quantitative estimate of drug-likeness (QED) is 0.685. The highest BCUT2D eigenvalue weighted by molar-refractivity contribution is 5.33. The molecule has 0 radical (unpaired) electrons. The molecular formula is C14H20O. The highest BCUT2D eigenvalue weighted by Gasteiger charge is 2.59. The van der Waals surface area contributed by atoms with E-state index in [-0.39, 0.29) is 16.2 Å². The van der Waals surface area contributed by atoms with E-state index in [4.69, 9.17) is 0 Å². The molecule has 0 amide bonds. The van der Waals surface area contributed by atoms with Gasteiger partial charge >= 0.3 is 0 Å². The number of rotatable bonds is 2. The van der Waals surface area contributed by atoms with Crippen molar-refractivity contribution in [3.63, 3.8) is 0 Å². The lowest BCUT2D eigenvalue weighted by molar-refractivity contribution is -0.102. The Morgan fingerprint density at radius 1 is 1.20 bits per heavy atom. The molecule has 3 rings (SSSR count). The third kappa shape index (κ3) is 1.02. The topological polar surface area (TPSA) is 20.2 Å². The minimum Gasteiger partial charge on any atom is -0.391 e. The Labute approximate surface area is 92.2 Å². The van der Waals surface area contributed by atoms with E-state index in [2.05, 4.69) is 39.2 Å². The Balaban J connectivity index is 2.60. The first-order valence-corrected chi connectivity index (χ1v) is 5.60. The fraction of sp³-hybridized carbons (Fsp3) is 0.571. The van der Waals surface area contributed by atoms with Crippen LogP contribution in [0.2, 0.25) is 0 Å². The van der Waals surface area contributed by atoms with Gasteiger partial charge in [0.2, 0.25) is 0 Å². The maximum atomic E-state index is 10.5. The molecule has 0 aromatic heterocycles. The molecule has 0 aromatic rings. The van der Waals surface area contributed by atoms with Gasteiger partial charge in [-0.15, -0.1) is 13.2 Å². The van der Waals surface area contributed by atoms with Crippen LogP contribution >= 0.6 is 0 Å². The second kappa shape index (κ2) is 2.85. The van der Waals surface area contributed by atoms with Gasteiger partial charge in [-0.2, -0.15) is 0 Å². The van der Waals surface area contributed by atoms with E-state index in [9.17, 15) is 5.11 Å². The van der Waals surface area contributed by atoms with Gasteiger partial charge in [-0.05, 0) is 18.3 Å². The van der Waals surface area contributed by atoms with E-state index in [1.165, 1.54) is 0 Å². The van der Waals surface area contributed by atoms with E-state index in [1.807, 2.05) is 12.2 Å². The smallest absolute Gasteiger partial charge is 0.0761 e. The fourth-order valence-corrected chi connectivity index (χ4v) is 3.16. The highest BCUT2D eigenvalue weighted by Crippen LogP contribution is 2.62. The molecule has 82 valence electrons. The molecule has 1 fully saturated rings. The summed E-state index contributed by atoms with van der Waals surface area (Å²) in [4.78, 5) is 0. The zero-order valence-corrected chi connectivity index (χ0v) is 9.66. The van der Waals surface area contributed by atoms with Gasteiger partial charge in [0, 0.05) is 10.8 Å². The van der Waals surface area contributed by atoms with Crippen molar-refractivity contribution in [2.45, 2.75) is 32.8 Å². The second-order valence-electron chi connectivity index (χ2n) is 5.46. The Kier molecular flexibility index (Phi) is 2.03. The predicted molar refractivity (Wildman–Crippen MR) is 63.4 cm³/mol. The highest BCUT2D eigenvalue weighted by atomic mass is 16.3. The van der Waals surface area contributed by atoms with Crippen LogP contribution in [0.4, 0.5) is 0 Å². The van der Waals surface area contributed by atoms with Gasteiger partial charge in [0.05, 0.1) is 6.10 Å². The number of fused-ring (bicyclic) bond motifs is 2. The first kappa shape index (κ1) is 10.7. The molecule has 0 saturated heterocycles. The van der Waals surface area contributed by atoms with E-state index in [1.54, 1.807) is 0 Å². The van der Waals surface area contributed by atoms with Crippen LogP contribution < -0.4 is 0 Å². The number of allylic oxidation sites excluding steroid dienone is 1. The summed E-state index contributed by atoms with van der Waals surface area (Å²) in [7, 11) is 0. The van der Waals surface area contributed by atoms with Gasteiger partial charge in [-0.1, -0.05) is 38.2 Å². The summed E-state index contributed by atoms with van der Waals surface area (Å²) in [5.41, 5.74) is -0.437. The van der Waals surface area contributed by atoms with Crippen LogP contribution in [-0.4, -0.2) is 11.2 Å². The SMILES string of the molecule is C=CC12C=CC(C)(CC1)C(C)(C=C)C2O. The normalized spacial score (nSPS) is 52.9. The second-order valence-corrected chi connectivity index (χ2v) is 5.46. The van der Waals surface area contributed by atoms with Gasteiger partial charge in [-0.25, -0.2) is 0 Å². The standard InChI is InChI=1S/C14H20O/c1-5-13(4)11(15)14(6-2)9-7-12(13,3)8-10-14/h5-7,9,11,15H,1-2,8,10H2,3-4H3. The predicted octanol–water partition coefficient (Wildman–Crippen LogP) is 3.08. The summed E-state index contributed by atoms with van der Waals surface area (Å²) in [5, 5.41) is 10.5. The van der Waals surface area contributed by atoms with Crippen LogP contribution in [0.15, 0.2) is 37.5 Å². The summed E-state index contributed by atoms with van der Waals surface area (Å²) in [5.74, 6) is 0. The molecule has 0 aliphatic heterocycles. The Morgan fingerprint density at radius 2 is 1.87 bits per heavy atom. The molecule has 1 saturated carbocycles. The molecular weight excluding hydrogens is 184 g/mol. The van der Waals surface area contributed by atoms with Gasteiger partial charge in [0.15, 0.2) is 0 Å². The van der Waals surface area contributed by atoms with Gasteiger partial charge in [-0.3, -0.25) is 0 Å². The molecule has 3 aliphatic carbocycles. The molecule has 4 atom stereocenters. The number of hydrogen-bond acceptors (Lipinski definition) is 1. The van der Waals surface area contributed by atoms with Crippen molar-refractivity contribution in [2.75, 3.05) is 0 Å². The Morgan fingerprint density at radius 3 is 2.27 bits per heavy atom. The molecule has 0 spiro atoms. The van der Waals surface area contributed by atoms with E-state index >= 15 is 0 Å². The number of hydrogen-bond donors (Lipinski definition) is 1. The van der Waals surface area contributed by atoms with Crippen molar-refractivity contribution in [3.05, 3.63) is 37.5 Å². The molecule has 4 unspecified atom stereocenters. The van der Waals surface area contributed by atoms with Crippen LogP contribution in [0, 0.1) is 16.2 Å². The minimum atomic E-state index is -0.399. The lowest BCUT2D eigenvalue weighted by Gasteiger charge is -2.60. The Bertz CT molecular complexity index is 343. The van der Waals surface area contributed by atoms with Crippen molar-refractivity contribution < 1.29 is 5.11 Å². The van der Waals surface area contributed by atoms with Gasteiger partial charge in [0.1, 0.15) is 0 Å². The third-order valence-electron chi connectivity index (χ3n) is 4.95. The van der Waals surface area contributed by atoms with E-state index in [0.29, 0.717) is 0 Å². The lowest BCUT2D eigenvalue weighted by Crippen LogP contribution is -2.58. The van der Waals surface area contributed by atoms with Gasteiger partial charge in [0.25, 0.3) is 0 Å². The zero-order chi connectivity index (χ0) is 11.3. The van der Waals surface area contributed by atoms with Crippen LogP contribution in [-0.2, 0) is 0 Å². The summed E-state index contributed by atoms with van der Waals surface area (Å²) in [6, 6.07) is 0. The van der Waals surface area contributed by atoms with Crippen LogP contribution in [0.1, 0.15) is 26.7 Å². The average Bonchev–Trinajstić information content (AvgIpc) is 2.27. The summed E-state index contributed by atoms with van der Waals surface area (Å²) >= 11 is 0. The summed E-state index contributed by atoms with van der Waals surface area (Å²) in [6.07, 6.45) is 9.88. The molecule has 0 aromatic carbocycles. The maximum Gasteiger partial charge on any atom is 0.0761 e. The van der Waals surface area contributed by atoms with Crippen molar-refractivity contribution in [1.29, 1.82) is 0 Å². The molecule has 2 bridgehead atoms.